The summed E-state index contributed by atoms with van der Waals surface area (Å²) in [5.74, 6) is 0. The quantitative estimate of drug-likeness (QED) is 0.152. The number of hydrogen-bond donors (Lipinski definition) is 0. The van der Waals surface area contributed by atoms with E-state index in [1.807, 2.05) is 0 Å². The maximum absolute atomic E-state index is 6.64. The number of hydrogen-bond acceptors (Lipinski definition) is 2. The molecule has 0 saturated heterocycles. The van der Waals surface area contributed by atoms with Crippen LogP contribution in [-0.2, 0) is 5.41 Å². The van der Waals surface area contributed by atoms with Crippen molar-refractivity contribution in [1.82, 2.24) is 0 Å². The molecule has 1 aliphatic carbocycles. The molecule has 0 atom stereocenters. The number of fused-ring (bicyclic) bond motifs is 6. The minimum absolute atomic E-state index is 0.496. The first kappa shape index (κ1) is 36.6. The van der Waals surface area contributed by atoms with Crippen LogP contribution in [0.1, 0.15) is 22.3 Å². The fourth-order valence-corrected chi connectivity index (χ4v) is 10.3. The summed E-state index contributed by atoms with van der Waals surface area (Å²) in [4.78, 5) is 2.43. The van der Waals surface area contributed by atoms with Crippen molar-refractivity contribution in [3.8, 4) is 44.5 Å². The number of rotatable bonds is 8. The zero-order chi connectivity index (χ0) is 41.7. The summed E-state index contributed by atoms with van der Waals surface area (Å²) in [7, 11) is 0. The van der Waals surface area contributed by atoms with Gasteiger partial charge < -0.3 is 9.32 Å². The Morgan fingerprint density at radius 2 is 0.794 bits per heavy atom. The summed E-state index contributed by atoms with van der Waals surface area (Å²) < 4.78 is 6.64. The molecular formula is C61H41NO. The van der Waals surface area contributed by atoms with Crippen molar-refractivity contribution in [1.29, 1.82) is 0 Å². The molecule has 63 heavy (non-hydrogen) atoms. The highest BCUT2D eigenvalue weighted by Gasteiger charge is 2.45. The summed E-state index contributed by atoms with van der Waals surface area (Å²) in [5, 5.41) is 2.18. The highest BCUT2D eigenvalue weighted by atomic mass is 16.3. The van der Waals surface area contributed by atoms with Gasteiger partial charge in [-0.05, 0) is 104 Å². The fraction of sp³-hybridized carbons (Fsp3) is 0.0164. The van der Waals surface area contributed by atoms with Crippen LogP contribution < -0.4 is 4.90 Å². The van der Waals surface area contributed by atoms with E-state index in [4.69, 9.17) is 4.42 Å². The average Bonchev–Trinajstić information content (AvgIpc) is 3.89. The zero-order valence-corrected chi connectivity index (χ0v) is 34.5. The SMILES string of the molecule is c1ccc(-c2ccc(N(c3ccc(C4(c5ccccc5)c5ccccc5-c5ccccc54)cc3)c3ccc4oc5ccccc5c4c3-c3ccccc3-c3ccccc3)cc2)cc1. The Balaban J connectivity index is 1.12. The molecule has 0 unspecified atom stereocenters. The lowest BCUT2D eigenvalue weighted by molar-refractivity contribution is 0.669. The second-order valence-corrected chi connectivity index (χ2v) is 16.3. The predicted octanol–water partition coefficient (Wildman–Crippen LogP) is 16.4. The molecule has 296 valence electrons. The van der Waals surface area contributed by atoms with Crippen LogP contribution in [0.15, 0.2) is 253 Å². The topological polar surface area (TPSA) is 16.4 Å². The highest BCUT2D eigenvalue weighted by Crippen LogP contribution is 2.57. The van der Waals surface area contributed by atoms with Gasteiger partial charge in [-0.1, -0.05) is 206 Å². The Hall–Kier alpha value is -8.20. The number of benzene rings is 10. The van der Waals surface area contributed by atoms with E-state index in [0.717, 1.165) is 61.3 Å². The minimum atomic E-state index is -0.496. The molecule has 0 bridgehead atoms. The van der Waals surface area contributed by atoms with Crippen LogP contribution in [0.2, 0.25) is 0 Å². The molecular weight excluding hydrogens is 763 g/mol. The van der Waals surface area contributed by atoms with Gasteiger partial charge in [0, 0.05) is 27.7 Å². The van der Waals surface area contributed by atoms with Crippen LogP contribution in [0.3, 0.4) is 0 Å². The van der Waals surface area contributed by atoms with Crippen molar-refractivity contribution >= 4 is 39.0 Å². The number of furan rings is 1. The van der Waals surface area contributed by atoms with Gasteiger partial charge in [0.1, 0.15) is 11.2 Å². The van der Waals surface area contributed by atoms with Crippen LogP contribution in [0.4, 0.5) is 17.1 Å². The molecule has 11 aromatic rings. The van der Waals surface area contributed by atoms with E-state index in [2.05, 4.69) is 254 Å². The number of anilines is 3. The lowest BCUT2D eigenvalue weighted by Gasteiger charge is -2.34. The maximum Gasteiger partial charge on any atom is 0.136 e. The first-order chi connectivity index (χ1) is 31.3. The summed E-state index contributed by atoms with van der Waals surface area (Å²) in [6.07, 6.45) is 0. The fourth-order valence-electron chi connectivity index (χ4n) is 10.3. The van der Waals surface area contributed by atoms with Crippen molar-refractivity contribution in [3.05, 3.63) is 271 Å². The van der Waals surface area contributed by atoms with Gasteiger partial charge in [0.05, 0.1) is 11.1 Å². The molecule has 0 N–H and O–H groups in total. The largest absolute Gasteiger partial charge is 0.456 e. The minimum Gasteiger partial charge on any atom is -0.456 e. The third-order valence-corrected chi connectivity index (χ3v) is 13.0. The Bertz CT molecular complexity index is 3380. The monoisotopic (exact) mass is 803 g/mol. The van der Waals surface area contributed by atoms with Crippen LogP contribution in [0, 0.1) is 0 Å². The molecule has 1 heterocycles. The van der Waals surface area contributed by atoms with Gasteiger partial charge in [0.2, 0.25) is 0 Å². The smallest absolute Gasteiger partial charge is 0.136 e. The Morgan fingerprint density at radius 1 is 0.317 bits per heavy atom. The Labute approximate surface area is 367 Å². The molecule has 1 aromatic heterocycles. The van der Waals surface area contributed by atoms with Crippen LogP contribution in [0.25, 0.3) is 66.4 Å². The lowest BCUT2D eigenvalue weighted by Crippen LogP contribution is -2.28. The van der Waals surface area contributed by atoms with Gasteiger partial charge >= 0.3 is 0 Å². The first-order valence-electron chi connectivity index (χ1n) is 21.7. The summed E-state index contributed by atoms with van der Waals surface area (Å²) >= 11 is 0. The third-order valence-electron chi connectivity index (χ3n) is 13.0. The maximum atomic E-state index is 6.64. The molecule has 1 aliphatic rings. The van der Waals surface area contributed by atoms with Crippen molar-refractivity contribution in [3.63, 3.8) is 0 Å². The van der Waals surface area contributed by atoms with Crippen LogP contribution >= 0.6 is 0 Å². The van der Waals surface area contributed by atoms with E-state index in [1.54, 1.807) is 0 Å². The highest BCUT2D eigenvalue weighted by molar-refractivity contribution is 6.17. The molecule has 2 nitrogen and oxygen atoms in total. The molecule has 0 spiro atoms. The van der Waals surface area contributed by atoms with Gasteiger partial charge in [-0.3, -0.25) is 0 Å². The summed E-state index contributed by atoms with van der Waals surface area (Å²) in [6, 6.07) is 90.2. The van der Waals surface area contributed by atoms with E-state index in [0.29, 0.717) is 0 Å². The van der Waals surface area contributed by atoms with E-state index in [9.17, 15) is 0 Å². The van der Waals surface area contributed by atoms with Crippen molar-refractivity contribution in [2.75, 3.05) is 4.90 Å². The summed E-state index contributed by atoms with van der Waals surface area (Å²) in [6.45, 7) is 0. The standard InChI is InChI=1S/C61H41NO/c1-4-18-42(19-5-1)43-32-36-47(37-33-43)62(48-38-34-46(35-39-48)61(45-22-8-3-9-23-45)54-29-15-12-25-50(54)51-26-13-16-30-55(51)61)56-40-41-58-60(53-28-14-17-31-57(53)63-58)59(56)52-27-11-10-24-49(52)44-20-6-2-7-21-44/h1-41H. The molecule has 0 radical (unpaired) electrons. The van der Waals surface area contributed by atoms with Crippen LogP contribution in [-0.4, -0.2) is 0 Å². The van der Waals surface area contributed by atoms with Crippen molar-refractivity contribution in [2.24, 2.45) is 0 Å². The molecule has 0 fully saturated rings. The Kier molecular flexibility index (Phi) is 8.76. The third kappa shape index (κ3) is 5.87. The zero-order valence-electron chi connectivity index (χ0n) is 34.5. The average molecular weight is 804 g/mol. The number of para-hydroxylation sites is 1. The van der Waals surface area contributed by atoms with E-state index in [-0.39, 0.29) is 0 Å². The second-order valence-electron chi connectivity index (χ2n) is 16.3. The van der Waals surface area contributed by atoms with E-state index < -0.39 is 5.41 Å². The molecule has 0 saturated carbocycles. The Morgan fingerprint density at radius 3 is 1.44 bits per heavy atom. The summed E-state index contributed by atoms with van der Waals surface area (Å²) in [5.41, 5.74) is 19.0. The molecule has 10 aromatic carbocycles. The van der Waals surface area contributed by atoms with Crippen molar-refractivity contribution < 1.29 is 4.42 Å². The van der Waals surface area contributed by atoms with Gasteiger partial charge in [-0.15, -0.1) is 0 Å². The van der Waals surface area contributed by atoms with E-state index in [1.165, 1.54) is 44.5 Å². The molecule has 0 aliphatic heterocycles. The van der Waals surface area contributed by atoms with E-state index >= 15 is 0 Å². The van der Waals surface area contributed by atoms with Gasteiger partial charge in [0.25, 0.3) is 0 Å². The van der Waals surface area contributed by atoms with Crippen LogP contribution in [0.5, 0.6) is 0 Å². The lowest BCUT2D eigenvalue weighted by atomic mass is 9.68. The first-order valence-corrected chi connectivity index (χ1v) is 21.7. The van der Waals surface area contributed by atoms with Gasteiger partial charge in [-0.25, -0.2) is 0 Å². The molecule has 12 rings (SSSR count). The molecule has 2 heteroatoms. The predicted molar refractivity (Wildman–Crippen MR) is 262 cm³/mol. The van der Waals surface area contributed by atoms with Gasteiger partial charge in [0.15, 0.2) is 0 Å². The van der Waals surface area contributed by atoms with Crippen molar-refractivity contribution in [2.45, 2.75) is 5.41 Å². The number of nitrogens with zero attached hydrogens (tertiary/aromatic N) is 1. The normalized spacial score (nSPS) is 12.6. The molecule has 0 amide bonds. The van der Waals surface area contributed by atoms with Gasteiger partial charge in [-0.2, -0.15) is 0 Å². The second kappa shape index (κ2) is 15.1.